The first-order valence-corrected chi connectivity index (χ1v) is 7.10. The smallest absolute Gasteiger partial charge is 0.271 e. The van der Waals surface area contributed by atoms with Crippen molar-refractivity contribution in [3.63, 3.8) is 0 Å². The quantitative estimate of drug-likeness (QED) is 0.579. The summed E-state index contributed by atoms with van der Waals surface area (Å²) in [6, 6.07) is 14.8. The number of allylic oxidation sites excluding steroid dienone is 1. The third-order valence-corrected chi connectivity index (χ3v) is 3.16. The van der Waals surface area contributed by atoms with E-state index in [1.165, 1.54) is 6.21 Å². The first kappa shape index (κ1) is 14.6. The number of amides is 1. The summed E-state index contributed by atoms with van der Waals surface area (Å²) >= 11 is 0. The molecule has 0 saturated carbocycles. The minimum atomic E-state index is -0.258. The van der Waals surface area contributed by atoms with Crippen LogP contribution in [0.2, 0.25) is 0 Å². The zero-order chi connectivity index (χ0) is 15.9. The third kappa shape index (κ3) is 3.85. The van der Waals surface area contributed by atoms with Gasteiger partial charge in [0.25, 0.3) is 5.91 Å². The summed E-state index contributed by atoms with van der Waals surface area (Å²) in [5.74, 6) is 0.468. The topological polar surface area (TPSA) is 59.5 Å². The van der Waals surface area contributed by atoms with Gasteiger partial charge in [0.05, 0.1) is 6.26 Å². The van der Waals surface area contributed by atoms with E-state index in [4.69, 9.17) is 4.42 Å². The molecule has 23 heavy (non-hydrogen) atoms. The Morgan fingerprint density at radius 1 is 1.09 bits per heavy atom. The Hall–Kier alpha value is -3.34. The molecular weight excluding hydrogens is 290 g/mol. The lowest BCUT2D eigenvalue weighted by atomic mass is 10.2. The highest BCUT2D eigenvalue weighted by molar-refractivity contribution is 5.94. The van der Waals surface area contributed by atoms with Gasteiger partial charge in [-0.2, -0.15) is 5.10 Å². The van der Waals surface area contributed by atoms with Crippen molar-refractivity contribution in [2.45, 2.75) is 0 Å². The van der Waals surface area contributed by atoms with E-state index in [9.17, 15) is 4.79 Å². The van der Waals surface area contributed by atoms with Gasteiger partial charge in [0.2, 0.25) is 0 Å². The van der Waals surface area contributed by atoms with Crippen molar-refractivity contribution in [1.29, 1.82) is 0 Å². The monoisotopic (exact) mass is 305 g/mol. The van der Waals surface area contributed by atoms with Crippen molar-refractivity contribution < 1.29 is 9.21 Å². The van der Waals surface area contributed by atoms with Crippen LogP contribution in [0.3, 0.4) is 0 Å². The zero-order valence-electron chi connectivity index (χ0n) is 12.3. The molecule has 5 heteroatoms. The molecule has 0 unspecified atom stereocenters. The summed E-state index contributed by atoms with van der Waals surface area (Å²) < 4.78 is 7.11. The van der Waals surface area contributed by atoms with E-state index in [-0.39, 0.29) is 5.91 Å². The molecule has 0 aliphatic carbocycles. The van der Waals surface area contributed by atoms with Gasteiger partial charge in [-0.15, -0.1) is 0 Å². The second-order valence-corrected chi connectivity index (χ2v) is 4.73. The Morgan fingerprint density at radius 3 is 2.57 bits per heavy atom. The van der Waals surface area contributed by atoms with E-state index in [1.807, 2.05) is 47.3 Å². The van der Waals surface area contributed by atoms with E-state index in [0.717, 1.165) is 11.4 Å². The predicted molar refractivity (Wildman–Crippen MR) is 89.5 cm³/mol. The molecule has 0 aliphatic heterocycles. The van der Waals surface area contributed by atoms with Crippen LogP contribution in [0.5, 0.6) is 0 Å². The number of nitrogens with zero attached hydrogens (tertiary/aromatic N) is 2. The minimum absolute atomic E-state index is 0.258. The lowest BCUT2D eigenvalue weighted by Gasteiger charge is -2.04. The molecule has 2 aromatic heterocycles. The Bertz CT molecular complexity index is 799. The fraction of sp³-hybridized carbons (Fsp3) is 0. The summed E-state index contributed by atoms with van der Waals surface area (Å²) in [5, 5.41) is 3.86. The third-order valence-electron chi connectivity index (χ3n) is 3.16. The van der Waals surface area contributed by atoms with Gasteiger partial charge in [-0.1, -0.05) is 0 Å². The van der Waals surface area contributed by atoms with E-state index in [2.05, 4.69) is 10.5 Å². The predicted octanol–water partition coefficient (Wildman–Crippen LogP) is 3.50. The van der Waals surface area contributed by atoms with Crippen molar-refractivity contribution in [3.8, 4) is 5.69 Å². The summed E-state index contributed by atoms with van der Waals surface area (Å²) in [5.41, 5.74) is 4.02. The normalized spacial score (nSPS) is 11.3. The average Bonchev–Trinajstić information content (AvgIpc) is 3.28. The van der Waals surface area contributed by atoms with Crippen LogP contribution in [0, 0.1) is 0 Å². The Kier molecular flexibility index (Phi) is 4.49. The summed E-state index contributed by atoms with van der Waals surface area (Å²) in [6.07, 6.45) is 10.4. The van der Waals surface area contributed by atoms with E-state index in [0.29, 0.717) is 5.56 Å². The summed E-state index contributed by atoms with van der Waals surface area (Å²) in [4.78, 5) is 12.0. The van der Waals surface area contributed by atoms with Gasteiger partial charge in [0.15, 0.2) is 0 Å². The Balaban J connectivity index is 1.56. The van der Waals surface area contributed by atoms with Crippen LogP contribution in [0.4, 0.5) is 0 Å². The van der Waals surface area contributed by atoms with Crippen LogP contribution in [-0.4, -0.2) is 16.7 Å². The van der Waals surface area contributed by atoms with Crippen LogP contribution in [0.1, 0.15) is 16.1 Å². The van der Waals surface area contributed by atoms with Crippen LogP contribution in [0.15, 0.2) is 82.8 Å². The molecule has 0 radical (unpaired) electrons. The fourth-order valence-electron chi connectivity index (χ4n) is 2.02. The number of hydrogen-bond donors (Lipinski definition) is 1. The van der Waals surface area contributed by atoms with Gasteiger partial charge in [0.1, 0.15) is 5.76 Å². The zero-order valence-corrected chi connectivity index (χ0v) is 12.3. The second kappa shape index (κ2) is 7.09. The first-order chi connectivity index (χ1) is 11.3. The van der Waals surface area contributed by atoms with Crippen LogP contribution in [-0.2, 0) is 0 Å². The number of carbonyl (C=O) groups excluding carboxylic acids is 1. The molecule has 3 aromatic rings. The number of rotatable bonds is 5. The van der Waals surface area contributed by atoms with Gasteiger partial charge in [-0.3, -0.25) is 4.79 Å². The number of furan rings is 1. The molecule has 0 bridgehead atoms. The van der Waals surface area contributed by atoms with Gasteiger partial charge >= 0.3 is 0 Å². The minimum Gasteiger partial charge on any atom is -0.465 e. The Morgan fingerprint density at radius 2 is 1.87 bits per heavy atom. The van der Waals surface area contributed by atoms with Crippen LogP contribution in [0.25, 0.3) is 11.8 Å². The standard InChI is InChI=1S/C18H15N3O2/c22-18(20-19-11-3-5-17-6-4-14-23-17)15-7-9-16(10-8-15)21-12-1-2-13-21/h1-14H,(H,20,22)/b5-3+,19-11+. The SMILES string of the molecule is O=C(N/N=C/C=C/c1ccco1)c1ccc(-n2cccc2)cc1. The maximum Gasteiger partial charge on any atom is 0.271 e. The molecule has 5 nitrogen and oxygen atoms in total. The fourth-order valence-corrected chi connectivity index (χ4v) is 2.02. The Labute approximate surface area is 133 Å². The lowest BCUT2D eigenvalue weighted by Crippen LogP contribution is -2.17. The molecule has 1 N–H and O–H groups in total. The number of benzene rings is 1. The molecule has 1 amide bonds. The molecule has 0 saturated heterocycles. The van der Waals surface area contributed by atoms with Crippen molar-refractivity contribution in [2.24, 2.45) is 5.10 Å². The van der Waals surface area contributed by atoms with Gasteiger partial charge in [0, 0.05) is 29.9 Å². The van der Waals surface area contributed by atoms with Crippen molar-refractivity contribution >= 4 is 18.2 Å². The second-order valence-electron chi connectivity index (χ2n) is 4.73. The van der Waals surface area contributed by atoms with E-state index < -0.39 is 0 Å². The molecule has 2 heterocycles. The largest absolute Gasteiger partial charge is 0.465 e. The first-order valence-electron chi connectivity index (χ1n) is 7.10. The van der Waals surface area contributed by atoms with Gasteiger partial charge < -0.3 is 8.98 Å². The summed E-state index contributed by atoms with van der Waals surface area (Å²) in [7, 11) is 0. The number of hydrogen-bond acceptors (Lipinski definition) is 3. The highest BCUT2D eigenvalue weighted by atomic mass is 16.3. The maximum atomic E-state index is 12.0. The average molecular weight is 305 g/mol. The van der Waals surface area contributed by atoms with E-state index >= 15 is 0 Å². The molecule has 0 atom stereocenters. The highest BCUT2D eigenvalue weighted by Crippen LogP contribution is 2.10. The van der Waals surface area contributed by atoms with Gasteiger partial charge in [-0.25, -0.2) is 5.43 Å². The molecule has 3 rings (SSSR count). The van der Waals surface area contributed by atoms with Crippen molar-refractivity contribution in [3.05, 3.63) is 84.6 Å². The molecule has 0 aliphatic rings. The van der Waals surface area contributed by atoms with E-state index in [1.54, 1.807) is 36.6 Å². The number of carbonyl (C=O) groups is 1. The highest BCUT2D eigenvalue weighted by Gasteiger charge is 2.03. The number of aromatic nitrogens is 1. The molecular formula is C18H15N3O2. The lowest BCUT2D eigenvalue weighted by molar-refractivity contribution is 0.0955. The summed E-state index contributed by atoms with van der Waals surface area (Å²) in [6.45, 7) is 0. The molecule has 0 fully saturated rings. The molecule has 1 aromatic carbocycles. The number of nitrogens with one attached hydrogen (secondary N) is 1. The van der Waals surface area contributed by atoms with Crippen LogP contribution >= 0.6 is 0 Å². The van der Waals surface area contributed by atoms with Crippen LogP contribution < -0.4 is 5.43 Å². The molecule has 114 valence electrons. The van der Waals surface area contributed by atoms with Gasteiger partial charge in [-0.05, 0) is 60.7 Å². The maximum absolute atomic E-state index is 12.0. The molecule has 0 spiro atoms. The number of hydrazone groups is 1. The van der Waals surface area contributed by atoms with Crippen molar-refractivity contribution in [1.82, 2.24) is 9.99 Å². The van der Waals surface area contributed by atoms with Crippen molar-refractivity contribution in [2.75, 3.05) is 0 Å².